The number of methoxy groups -OCH3 is 1. The van der Waals surface area contributed by atoms with Crippen LogP contribution in [0.1, 0.15) is 33.6 Å². The molecule has 1 heterocycles. The second-order valence-electron chi connectivity index (χ2n) is 6.15. The lowest BCUT2D eigenvalue weighted by Gasteiger charge is -2.34. The molecule has 0 radical (unpaired) electrons. The third-order valence-electron chi connectivity index (χ3n) is 3.02. The summed E-state index contributed by atoms with van der Waals surface area (Å²) in [7, 11) is 1.56. The van der Waals surface area contributed by atoms with Crippen LogP contribution in [0.15, 0.2) is 0 Å². The molecule has 21 heavy (non-hydrogen) atoms. The van der Waals surface area contributed by atoms with Crippen LogP contribution in [0.5, 0.6) is 0 Å². The monoisotopic (exact) mass is 304 g/mol. The number of nitrogens with zero attached hydrogens (tertiary/aromatic N) is 1. The number of aliphatic hydroxyl groups excluding tert-OH is 1. The molecule has 0 aromatic carbocycles. The quantitative estimate of drug-likeness (QED) is 0.710. The van der Waals surface area contributed by atoms with E-state index in [1.165, 1.54) is 0 Å². The zero-order chi connectivity index (χ0) is 15.9. The van der Waals surface area contributed by atoms with Crippen LogP contribution in [0.3, 0.4) is 0 Å². The fraction of sp³-hybridized carbons (Fsp3) is 0.929. The Hall–Kier alpha value is -0.890. The molecule has 7 heteroatoms. The normalized spacial score (nSPS) is 21.2. The van der Waals surface area contributed by atoms with Gasteiger partial charge in [0.05, 0.1) is 26.0 Å². The number of nitrogens with one attached hydrogen (secondary N) is 1. The van der Waals surface area contributed by atoms with Gasteiger partial charge < -0.3 is 24.2 Å². The standard InChI is InChI=1S/C14H28N2O5/c1-14(2,3)21-13(18)16-7-8-20-11(9-16)5-6-12(17)15-10-19-4/h11-12,15,17H,5-10H2,1-4H3/t11-,12-/m0/s1. The van der Waals surface area contributed by atoms with E-state index in [2.05, 4.69) is 5.32 Å². The molecule has 0 spiro atoms. The summed E-state index contributed by atoms with van der Waals surface area (Å²) in [5, 5.41) is 12.5. The topological polar surface area (TPSA) is 80.3 Å². The maximum Gasteiger partial charge on any atom is 0.410 e. The van der Waals surface area contributed by atoms with Crippen molar-refractivity contribution in [3.8, 4) is 0 Å². The van der Waals surface area contributed by atoms with Gasteiger partial charge in [0.15, 0.2) is 0 Å². The summed E-state index contributed by atoms with van der Waals surface area (Å²) in [6.45, 7) is 7.37. The van der Waals surface area contributed by atoms with E-state index in [1.807, 2.05) is 20.8 Å². The molecule has 0 bridgehead atoms. The van der Waals surface area contributed by atoms with E-state index in [-0.39, 0.29) is 12.2 Å². The number of ether oxygens (including phenoxy) is 3. The van der Waals surface area contributed by atoms with E-state index in [9.17, 15) is 9.90 Å². The minimum Gasteiger partial charge on any atom is -0.444 e. The molecule has 1 aliphatic heterocycles. The number of hydrogen-bond acceptors (Lipinski definition) is 6. The van der Waals surface area contributed by atoms with Crippen molar-refractivity contribution < 1.29 is 24.1 Å². The van der Waals surface area contributed by atoms with Gasteiger partial charge >= 0.3 is 6.09 Å². The number of amides is 1. The van der Waals surface area contributed by atoms with E-state index in [0.717, 1.165) is 0 Å². The highest BCUT2D eigenvalue weighted by molar-refractivity contribution is 5.68. The zero-order valence-corrected chi connectivity index (χ0v) is 13.4. The molecule has 7 nitrogen and oxygen atoms in total. The lowest BCUT2D eigenvalue weighted by atomic mass is 10.1. The number of carbonyl (C=O) groups is 1. The summed E-state index contributed by atoms with van der Waals surface area (Å²) in [6.07, 6.45) is 0.178. The highest BCUT2D eigenvalue weighted by atomic mass is 16.6. The van der Waals surface area contributed by atoms with Crippen LogP contribution in [-0.4, -0.2) is 67.6 Å². The maximum atomic E-state index is 12.0. The van der Waals surface area contributed by atoms with Crippen molar-refractivity contribution in [2.45, 2.75) is 51.5 Å². The van der Waals surface area contributed by atoms with Crippen LogP contribution < -0.4 is 5.32 Å². The Morgan fingerprint density at radius 1 is 1.52 bits per heavy atom. The van der Waals surface area contributed by atoms with Crippen molar-refractivity contribution >= 4 is 6.09 Å². The Kier molecular flexibility index (Phi) is 7.37. The van der Waals surface area contributed by atoms with Crippen LogP contribution in [0.25, 0.3) is 0 Å². The van der Waals surface area contributed by atoms with E-state index < -0.39 is 11.8 Å². The molecule has 1 amide bonds. The van der Waals surface area contributed by atoms with Gasteiger partial charge in [-0.3, -0.25) is 5.32 Å². The highest BCUT2D eigenvalue weighted by Gasteiger charge is 2.28. The summed E-state index contributed by atoms with van der Waals surface area (Å²) >= 11 is 0. The second kappa shape index (κ2) is 8.53. The van der Waals surface area contributed by atoms with Crippen LogP contribution in [0.4, 0.5) is 4.79 Å². The van der Waals surface area contributed by atoms with Gasteiger partial charge in [-0.25, -0.2) is 4.79 Å². The predicted octanol–water partition coefficient (Wildman–Crippen LogP) is 0.914. The van der Waals surface area contributed by atoms with Crippen LogP contribution in [0, 0.1) is 0 Å². The van der Waals surface area contributed by atoms with E-state index in [0.29, 0.717) is 39.3 Å². The average molecular weight is 304 g/mol. The number of carbonyl (C=O) groups excluding carboxylic acids is 1. The molecule has 0 aromatic heterocycles. The SMILES string of the molecule is COCN[C@@H](O)CC[C@H]1CN(C(=O)OC(C)(C)C)CCO1. The highest BCUT2D eigenvalue weighted by Crippen LogP contribution is 2.15. The van der Waals surface area contributed by atoms with Crippen molar-refractivity contribution in [1.82, 2.24) is 10.2 Å². The predicted molar refractivity (Wildman–Crippen MR) is 77.8 cm³/mol. The van der Waals surface area contributed by atoms with Crippen molar-refractivity contribution in [1.29, 1.82) is 0 Å². The van der Waals surface area contributed by atoms with Crippen molar-refractivity contribution in [2.75, 3.05) is 33.5 Å². The molecule has 0 saturated carbocycles. The fourth-order valence-electron chi connectivity index (χ4n) is 2.01. The zero-order valence-electron chi connectivity index (χ0n) is 13.4. The van der Waals surface area contributed by atoms with Gasteiger partial charge in [-0.2, -0.15) is 0 Å². The summed E-state index contributed by atoms with van der Waals surface area (Å²) in [5.41, 5.74) is -0.495. The van der Waals surface area contributed by atoms with Crippen molar-refractivity contribution in [2.24, 2.45) is 0 Å². The van der Waals surface area contributed by atoms with Crippen LogP contribution in [-0.2, 0) is 14.2 Å². The van der Waals surface area contributed by atoms with Gasteiger partial charge in [0.25, 0.3) is 0 Å². The lowest BCUT2D eigenvalue weighted by molar-refractivity contribution is -0.0498. The first-order valence-electron chi connectivity index (χ1n) is 7.31. The van der Waals surface area contributed by atoms with Crippen LogP contribution in [0.2, 0.25) is 0 Å². The minimum absolute atomic E-state index is 0.0785. The Morgan fingerprint density at radius 3 is 2.86 bits per heavy atom. The summed E-state index contributed by atoms with van der Waals surface area (Å²) in [6, 6.07) is 0. The van der Waals surface area contributed by atoms with Crippen LogP contribution >= 0.6 is 0 Å². The summed E-state index contributed by atoms with van der Waals surface area (Å²) in [5.74, 6) is 0. The molecular weight excluding hydrogens is 276 g/mol. The molecule has 124 valence electrons. The third kappa shape index (κ3) is 7.61. The van der Waals surface area contributed by atoms with Crippen molar-refractivity contribution in [3.05, 3.63) is 0 Å². The van der Waals surface area contributed by atoms with Gasteiger partial charge in [-0.1, -0.05) is 0 Å². The molecular formula is C14H28N2O5. The molecule has 2 N–H and O–H groups in total. The van der Waals surface area contributed by atoms with E-state index in [1.54, 1.807) is 12.0 Å². The van der Waals surface area contributed by atoms with Gasteiger partial charge in [0.1, 0.15) is 11.8 Å². The molecule has 0 unspecified atom stereocenters. The van der Waals surface area contributed by atoms with Gasteiger partial charge in [0.2, 0.25) is 0 Å². The van der Waals surface area contributed by atoms with Gasteiger partial charge in [-0.15, -0.1) is 0 Å². The molecule has 0 aliphatic carbocycles. The summed E-state index contributed by atoms with van der Waals surface area (Å²) < 4.78 is 15.8. The Balaban J connectivity index is 2.33. The molecule has 1 fully saturated rings. The first kappa shape index (κ1) is 18.2. The van der Waals surface area contributed by atoms with E-state index >= 15 is 0 Å². The largest absolute Gasteiger partial charge is 0.444 e. The molecule has 0 aromatic rings. The molecule has 1 rings (SSSR count). The maximum absolute atomic E-state index is 12.0. The summed E-state index contributed by atoms with van der Waals surface area (Å²) in [4.78, 5) is 13.7. The number of rotatable bonds is 6. The number of aliphatic hydroxyl groups is 1. The van der Waals surface area contributed by atoms with Crippen molar-refractivity contribution in [3.63, 3.8) is 0 Å². The first-order valence-corrected chi connectivity index (χ1v) is 7.31. The lowest BCUT2D eigenvalue weighted by Crippen LogP contribution is -2.47. The Morgan fingerprint density at radius 2 is 2.24 bits per heavy atom. The van der Waals surface area contributed by atoms with Gasteiger partial charge in [0, 0.05) is 13.7 Å². The molecule has 2 atom stereocenters. The Bertz CT molecular complexity index is 319. The third-order valence-corrected chi connectivity index (χ3v) is 3.02. The molecule has 1 aliphatic rings. The molecule has 1 saturated heterocycles. The van der Waals surface area contributed by atoms with Gasteiger partial charge in [-0.05, 0) is 33.6 Å². The number of morpholine rings is 1. The average Bonchev–Trinajstić information content (AvgIpc) is 2.41. The van der Waals surface area contributed by atoms with E-state index in [4.69, 9.17) is 14.2 Å². The number of hydrogen-bond donors (Lipinski definition) is 2. The Labute approximate surface area is 126 Å². The first-order chi connectivity index (χ1) is 9.81. The fourth-order valence-corrected chi connectivity index (χ4v) is 2.01. The second-order valence-corrected chi connectivity index (χ2v) is 6.15. The minimum atomic E-state index is -0.634. The smallest absolute Gasteiger partial charge is 0.410 e.